The van der Waals surface area contributed by atoms with Gasteiger partial charge in [0.2, 0.25) is 0 Å². The third kappa shape index (κ3) is 4.49. The molecule has 4 heterocycles. The van der Waals surface area contributed by atoms with Gasteiger partial charge in [-0.3, -0.25) is 9.78 Å². The maximum Gasteiger partial charge on any atom is 0.434 e. The maximum absolute atomic E-state index is 14.1. The van der Waals surface area contributed by atoms with Crippen LogP contribution in [0, 0.1) is 18.3 Å². The minimum Gasteiger partial charge on any atom is -0.457 e. The molecule has 0 aliphatic heterocycles. The molecule has 4 aromatic heterocycles. The molecule has 0 aliphatic carbocycles. The summed E-state index contributed by atoms with van der Waals surface area (Å²) >= 11 is 0. The number of hydrogen-bond donors (Lipinski definition) is 1. The predicted octanol–water partition coefficient (Wildman–Crippen LogP) is 3.66. The predicted molar refractivity (Wildman–Crippen MR) is 120 cm³/mol. The zero-order chi connectivity index (χ0) is 26.0. The van der Waals surface area contributed by atoms with Crippen molar-refractivity contribution in [2.75, 3.05) is 0 Å². The fourth-order valence-electron chi connectivity index (χ4n) is 3.41. The molecule has 0 aliphatic rings. The molecule has 11 nitrogen and oxygen atoms in total. The Labute approximate surface area is 200 Å². The van der Waals surface area contributed by atoms with E-state index in [-0.39, 0.29) is 28.4 Å². The highest BCUT2D eigenvalue weighted by Crippen LogP contribution is 2.35. The van der Waals surface area contributed by atoms with Crippen LogP contribution in [-0.2, 0) is 6.18 Å². The minimum absolute atomic E-state index is 0.0321. The standard InChI is InChI=1S/C22H16F3N9O2/c1-12(8-14(10-26)20(27-3)34-29-6-7-30-34)32-21(35)15-11-31-33(19(15)22(23,24)25)17-4-5-28-16-9-13(2)36-18(16)17/h4-9,11H,3H2,1-2H3,(H,32,35)/b12-8+,20-14-. The molecular formula is C22H16F3N9O2. The van der Waals surface area contributed by atoms with Crippen molar-refractivity contribution >= 4 is 29.5 Å². The lowest BCUT2D eigenvalue weighted by Gasteiger charge is -2.13. The number of alkyl halides is 3. The lowest BCUT2D eigenvalue weighted by atomic mass is 10.2. The van der Waals surface area contributed by atoms with E-state index in [1.54, 1.807) is 13.0 Å². The first-order chi connectivity index (χ1) is 17.1. The van der Waals surface area contributed by atoms with Gasteiger partial charge in [0.1, 0.15) is 28.6 Å². The third-order valence-electron chi connectivity index (χ3n) is 4.82. The normalized spacial score (nSPS) is 12.8. The van der Waals surface area contributed by atoms with Gasteiger partial charge in [0.05, 0.1) is 24.2 Å². The van der Waals surface area contributed by atoms with Crippen molar-refractivity contribution in [1.82, 2.24) is 35.1 Å². The van der Waals surface area contributed by atoms with Crippen molar-refractivity contribution in [2.24, 2.45) is 4.99 Å². The number of pyridine rings is 1. The second-order valence-corrected chi connectivity index (χ2v) is 7.33. The molecule has 36 heavy (non-hydrogen) atoms. The Morgan fingerprint density at radius 3 is 2.64 bits per heavy atom. The van der Waals surface area contributed by atoms with Crippen LogP contribution in [-0.4, -0.2) is 42.4 Å². The quantitative estimate of drug-likeness (QED) is 0.245. The van der Waals surface area contributed by atoms with E-state index in [0.29, 0.717) is 16.0 Å². The Balaban J connectivity index is 1.73. The Hall–Kier alpha value is -5.06. The number of aliphatic imine (C=N–C) groups is 1. The summed E-state index contributed by atoms with van der Waals surface area (Å²) in [4.78, 5) is 21.7. The number of aryl methyl sites for hydroxylation is 1. The smallest absolute Gasteiger partial charge is 0.434 e. The average molecular weight is 495 g/mol. The largest absolute Gasteiger partial charge is 0.457 e. The third-order valence-corrected chi connectivity index (χ3v) is 4.82. The summed E-state index contributed by atoms with van der Waals surface area (Å²) in [5.41, 5.74) is -1.67. The highest BCUT2D eigenvalue weighted by molar-refractivity contribution is 5.97. The van der Waals surface area contributed by atoms with Crippen molar-refractivity contribution < 1.29 is 22.4 Å². The fourth-order valence-corrected chi connectivity index (χ4v) is 3.41. The first-order valence-corrected chi connectivity index (χ1v) is 10.1. The van der Waals surface area contributed by atoms with Crippen LogP contribution in [0.1, 0.15) is 28.7 Å². The summed E-state index contributed by atoms with van der Waals surface area (Å²) in [5, 5.41) is 23.4. The molecule has 0 atom stereocenters. The summed E-state index contributed by atoms with van der Waals surface area (Å²) in [7, 11) is 0. The van der Waals surface area contributed by atoms with Crippen molar-refractivity contribution in [2.45, 2.75) is 20.0 Å². The molecule has 0 bridgehead atoms. The lowest BCUT2D eigenvalue weighted by molar-refractivity contribution is -0.143. The SMILES string of the molecule is C=N/C(=C(C#N)\C=C(/C)NC(=O)c1cnn(-c2ccnc3cc(C)oc23)c1C(F)(F)F)n1nccn1. The van der Waals surface area contributed by atoms with Gasteiger partial charge in [-0.25, -0.2) is 9.67 Å². The second kappa shape index (κ2) is 9.29. The molecule has 1 N–H and O–H groups in total. The van der Waals surface area contributed by atoms with E-state index in [4.69, 9.17) is 4.42 Å². The number of nitrogens with zero attached hydrogens (tertiary/aromatic N) is 8. The Morgan fingerprint density at radius 1 is 1.28 bits per heavy atom. The van der Waals surface area contributed by atoms with Gasteiger partial charge >= 0.3 is 6.18 Å². The van der Waals surface area contributed by atoms with E-state index < -0.39 is 23.3 Å². The van der Waals surface area contributed by atoms with Crippen LogP contribution in [0.4, 0.5) is 13.2 Å². The summed E-state index contributed by atoms with van der Waals surface area (Å²) in [6.07, 6.45) is 1.10. The molecule has 0 aromatic carbocycles. The highest BCUT2D eigenvalue weighted by atomic mass is 19.4. The number of halogens is 3. The topological polar surface area (TPSA) is 140 Å². The van der Waals surface area contributed by atoms with Crippen molar-refractivity contribution in [1.29, 1.82) is 5.26 Å². The number of hydrogen-bond acceptors (Lipinski definition) is 8. The van der Waals surface area contributed by atoms with Gasteiger partial charge in [-0.1, -0.05) is 0 Å². The van der Waals surface area contributed by atoms with Gasteiger partial charge < -0.3 is 9.73 Å². The van der Waals surface area contributed by atoms with Crippen LogP contribution in [0.15, 0.2) is 63.7 Å². The Morgan fingerprint density at radius 2 is 2.00 bits per heavy atom. The zero-order valence-electron chi connectivity index (χ0n) is 18.8. The molecule has 1 amide bonds. The van der Waals surface area contributed by atoms with Gasteiger partial charge in [-0.2, -0.15) is 33.7 Å². The Bertz CT molecular complexity index is 1570. The second-order valence-electron chi connectivity index (χ2n) is 7.33. The van der Waals surface area contributed by atoms with E-state index in [1.807, 2.05) is 6.07 Å². The van der Waals surface area contributed by atoms with Gasteiger partial charge in [0.25, 0.3) is 5.91 Å². The molecule has 182 valence electrons. The average Bonchev–Trinajstić information content (AvgIpc) is 3.56. The zero-order valence-corrected chi connectivity index (χ0v) is 18.8. The number of carbonyl (C=O) groups is 1. The number of aromatic nitrogens is 6. The van der Waals surface area contributed by atoms with Gasteiger partial charge in [-0.15, -0.1) is 4.80 Å². The van der Waals surface area contributed by atoms with Crippen LogP contribution in [0.2, 0.25) is 0 Å². The van der Waals surface area contributed by atoms with Gasteiger partial charge in [0, 0.05) is 18.0 Å². The number of amides is 1. The number of rotatable bonds is 6. The molecule has 0 unspecified atom stereocenters. The first kappa shape index (κ1) is 24.1. The number of allylic oxidation sites excluding steroid dienone is 3. The Kier molecular flexibility index (Phi) is 6.22. The molecule has 0 radical (unpaired) electrons. The summed E-state index contributed by atoms with van der Waals surface area (Å²) < 4.78 is 48.4. The van der Waals surface area contributed by atoms with E-state index in [9.17, 15) is 23.2 Å². The molecular weight excluding hydrogens is 479 g/mol. The molecule has 0 fully saturated rings. The van der Waals surface area contributed by atoms with Crippen LogP contribution >= 0.6 is 0 Å². The number of carbonyl (C=O) groups excluding carboxylic acids is 1. The fraction of sp³-hybridized carbons (Fsp3) is 0.136. The molecule has 0 spiro atoms. The van der Waals surface area contributed by atoms with Crippen LogP contribution < -0.4 is 5.32 Å². The molecule has 14 heteroatoms. The van der Waals surface area contributed by atoms with Gasteiger partial charge in [0.15, 0.2) is 17.1 Å². The lowest BCUT2D eigenvalue weighted by Crippen LogP contribution is -2.25. The van der Waals surface area contributed by atoms with Crippen molar-refractivity contribution in [3.8, 4) is 11.8 Å². The number of nitriles is 1. The number of nitrogens with one attached hydrogen (secondary N) is 1. The van der Waals surface area contributed by atoms with E-state index in [1.165, 1.54) is 37.7 Å². The molecule has 0 saturated heterocycles. The van der Waals surface area contributed by atoms with Crippen LogP contribution in [0.3, 0.4) is 0 Å². The molecule has 4 aromatic rings. The van der Waals surface area contributed by atoms with Crippen molar-refractivity contribution in [3.63, 3.8) is 0 Å². The van der Waals surface area contributed by atoms with E-state index in [0.717, 1.165) is 11.0 Å². The molecule has 0 saturated carbocycles. The highest BCUT2D eigenvalue weighted by Gasteiger charge is 2.41. The van der Waals surface area contributed by atoms with Crippen LogP contribution in [0.25, 0.3) is 22.6 Å². The summed E-state index contributed by atoms with van der Waals surface area (Å²) in [5.74, 6) is -0.675. The number of fused-ring (bicyclic) bond motifs is 1. The molecule has 4 rings (SSSR count). The minimum atomic E-state index is -4.94. The van der Waals surface area contributed by atoms with Gasteiger partial charge in [-0.05, 0) is 32.7 Å². The van der Waals surface area contributed by atoms with E-state index in [2.05, 4.69) is 37.3 Å². The van der Waals surface area contributed by atoms with Crippen LogP contribution in [0.5, 0.6) is 0 Å². The van der Waals surface area contributed by atoms with E-state index >= 15 is 0 Å². The summed E-state index contributed by atoms with van der Waals surface area (Å²) in [6, 6.07) is 4.75. The maximum atomic E-state index is 14.1. The summed E-state index contributed by atoms with van der Waals surface area (Å²) in [6.45, 7) is 6.39. The van der Waals surface area contributed by atoms with Crippen molar-refractivity contribution in [3.05, 3.63) is 71.3 Å². The first-order valence-electron chi connectivity index (χ1n) is 10.1. The monoisotopic (exact) mass is 495 g/mol. The number of furan rings is 1.